The van der Waals surface area contributed by atoms with Crippen LogP contribution in [0.4, 0.5) is 32.4 Å². The number of alkyl halides is 3. The maximum atomic E-state index is 14.9. The molecule has 0 atom stereocenters. The molecule has 2 amide bonds. The second-order valence-electron chi connectivity index (χ2n) is 11.2. The molecule has 0 saturated heterocycles. The van der Waals surface area contributed by atoms with Crippen molar-refractivity contribution in [3.8, 4) is 11.5 Å². The van der Waals surface area contributed by atoms with Crippen molar-refractivity contribution in [2.45, 2.75) is 64.5 Å². The van der Waals surface area contributed by atoms with Gasteiger partial charge >= 0.3 is 12.2 Å². The van der Waals surface area contributed by atoms with E-state index in [1.165, 1.54) is 10.8 Å². The molecule has 0 saturated carbocycles. The molecule has 3 N–H and O–H groups in total. The van der Waals surface area contributed by atoms with Gasteiger partial charge in [0.2, 0.25) is 0 Å². The number of hydrogen-bond donors (Lipinski definition) is 3. The van der Waals surface area contributed by atoms with Gasteiger partial charge in [0.1, 0.15) is 18.1 Å². The fraction of sp³-hybridized carbons (Fsp3) is 0.462. The second kappa shape index (κ2) is 12.1. The molecule has 2 aromatic heterocycles. The zero-order valence-corrected chi connectivity index (χ0v) is 23.9. The number of carbonyl (C=O) groups is 1. The van der Waals surface area contributed by atoms with Crippen LogP contribution >= 0.6 is 0 Å². The zero-order valence-electron chi connectivity index (χ0n) is 22.9. The highest BCUT2D eigenvalue weighted by Gasteiger charge is 2.37. The van der Waals surface area contributed by atoms with Crippen LogP contribution in [0.1, 0.15) is 25.8 Å². The third kappa shape index (κ3) is 8.63. The van der Waals surface area contributed by atoms with Crippen LogP contribution in [0.3, 0.4) is 0 Å². The van der Waals surface area contributed by atoms with Crippen molar-refractivity contribution >= 4 is 30.8 Å². The van der Waals surface area contributed by atoms with Gasteiger partial charge in [-0.25, -0.2) is 18.6 Å². The maximum absolute atomic E-state index is 14.9. The summed E-state index contributed by atoms with van der Waals surface area (Å²) in [5, 5.41) is 13.9. The van der Waals surface area contributed by atoms with Gasteiger partial charge in [0, 0.05) is 51.4 Å². The summed E-state index contributed by atoms with van der Waals surface area (Å²) in [6.07, 6.45) is -2.58. The Labute approximate surface area is 229 Å². The van der Waals surface area contributed by atoms with Gasteiger partial charge < -0.3 is 29.8 Å². The molecule has 0 fully saturated rings. The largest absolute Gasteiger partial charge is 0.450 e. The highest BCUT2D eigenvalue weighted by molar-refractivity contribution is 6.76. The van der Waals surface area contributed by atoms with Gasteiger partial charge in [0.15, 0.2) is 17.4 Å². The van der Waals surface area contributed by atoms with E-state index in [0.29, 0.717) is 6.61 Å². The average Bonchev–Trinajstić information content (AvgIpc) is 3.18. The highest BCUT2D eigenvalue weighted by atomic mass is 28.3. The van der Waals surface area contributed by atoms with E-state index in [2.05, 4.69) is 35.3 Å². The molecule has 2 heterocycles. The summed E-state index contributed by atoms with van der Waals surface area (Å²) in [4.78, 5) is 16.0. The van der Waals surface area contributed by atoms with Crippen LogP contribution in [0.2, 0.25) is 25.7 Å². The fourth-order valence-electron chi connectivity index (χ4n) is 3.62. The smallest absolute Gasteiger partial charge is 0.418 e. The van der Waals surface area contributed by atoms with Crippen molar-refractivity contribution in [2.75, 3.05) is 18.5 Å². The van der Waals surface area contributed by atoms with Crippen molar-refractivity contribution < 1.29 is 41.3 Å². The monoisotopic (exact) mass is 588 g/mol. The number of urea groups is 1. The molecule has 0 aliphatic heterocycles. The van der Waals surface area contributed by atoms with E-state index in [9.17, 15) is 31.9 Å². The Kier molecular flexibility index (Phi) is 9.47. The van der Waals surface area contributed by atoms with Gasteiger partial charge in [0.05, 0.1) is 16.6 Å². The number of aromatic nitrogens is 2. The lowest BCUT2D eigenvalue weighted by atomic mass is 10.1. The van der Waals surface area contributed by atoms with Crippen molar-refractivity contribution in [3.63, 3.8) is 0 Å². The number of nitrogens with one attached hydrogen (secondary N) is 2. The molecule has 14 heteroatoms. The van der Waals surface area contributed by atoms with Crippen LogP contribution in [0.5, 0.6) is 11.5 Å². The number of aliphatic hydroxyl groups is 1. The first kappa shape index (κ1) is 31.3. The van der Waals surface area contributed by atoms with E-state index in [0.717, 1.165) is 30.4 Å². The molecule has 0 aliphatic rings. The third-order valence-electron chi connectivity index (χ3n) is 5.74. The molecule has 8 nitrogen and oxygen atoms in total. The standard InChI is InChI=1S/C26H33F5N4O4Si/c1-25(2,37)7-9-33-24(36)34-16-12-18(27)22(19(28)13-16)39-20-6-8-32-23-21(20)17(26(29,30)31)14-35(23)15-38-10-11-40(3,4)5/h6,8,12-14,37H,7,9-11,15H2,1-5H3,(H2,33,34,36). The lowest BCUT2D eigenvalue weighted by Crippen LogP contribution is -2.33. The van der Waals surface area contributed by atoms with Crippen LogP contribution in [0.25, 0.3) is 11.0 Å². The zero-order chi connectivity index (χ0) is 29.9. The number of rotatable bonds is 11. The summed E-state index contributed by atoms with van der Waals surface area (Å²) >= 11 is 0. The molecule has 0 bridgehead atoms. The molecule has 0 unspecified atom stereocenters. The Balaban J connectivity index is 1.85. The highest BCUT2D eigenvalue weighted by Crippen LogP contribution is 2.42. The molecule has 220 valence electrons. The molecular weight excluding hydrogens is 555 g/mol. The van der Waals surface area contributed by atoms with Gasteiger partial charge in [0.25, 0.3) is 0 Å². The molecule has 0 aliphatic carbocycles. The minimum atomic E-state index is -4.81. The first-order chi connectivity index (χ1) is 18.4. The van der Waals surface area contributed by atoms with Gasteiger partial charge in [-0.15, -0.1) is 0 Å². The molecule has 0 spiro atoms. The Morgan fingerprint density at radius 2 is 1.80 bits per heavy atom. The predicted molar refractivity (Wildman–Crippen MR) is 143 cm³/mol. The topological polar surface area (TPSA) is 97.6 Å². The molecular formula is C26H33F5N4O4Si. The number of amides is 2. The quantitative estimate of drug-likeness (QED) is 0.131. The summed E-state index contributed by atoms with van der Waals surface area (Å²) in [5.74, 6) is -3.91. The van der Waals surface area contributed by atoms with E-state index in [1.807, 2.05) is 0 Å². The normalized spacial score (nSPS) is 12.6. The summed E-state index contributed by atoms with van der Waals surface area (Å²) < 4.78 is 83.7. The van der Waals surface area contributed by atoms with E-state index < -0.39 is 60.0 Å². The summed E-state index contributed by atoms with van der Waals surface area (Å²) in [7, 11) is -1.42. The number of nitrogens with zero attached hydrogens (tertiary/aromatic N) is 2. The van der Waals surface area contributed by atoms with Crippen molar-refractivity contribution in [3.05, 3.63) is 47.8 Å². The minimum absolute atomic E-state index is 0.101. The Bertz CT molecular complexity index is 1330. The van der Waals surface area contributed by atoms with Crippen LogP contribution < -0.4 is 15.4 Å². The average molecular weight is 589 g/mol. The molecule has 1 aromatic carbocycles. The predicted octanol–water partition coefficient (Wildman–Crippen LogP) is 6.72. The second-order valence-corrected chi connectivity index (χ2v) is 16.8. The van der Waals surface area contributed by atoms with Gasteiger partial charge in [-0.1, -0.05) is 19.6 Å². The molecule has 3 aromatic rings. The fourth-order valence-corrected chi connectivity index (χ4v) is 4.38. The van der Waals surface area contributed by atoms with Crippen LogP contribution in [-0.2, 0) is 17.6 Å². The SMILES string of the molecule is CC(C)(O)CCNC(=O)Nc1cc(F)c(Oc2ccnc3c2c(C(F)(F)F)cn3COCC[Si](C)(C)C)c(F)c1. The van der Waals surface area contributed by atoms with E-state index >= 15 is 0 Å². The van der Waals surface area contributed by atoms with Crippen LogP contribution in [0, 0.1) is 11.6 Å². The van der Waals surface area contributed by atoms with Crippen molar-refractivity contribution in [1.29, 1.82) is 0 Å². The van der Waals surface area contributed by atoms with Crippen molar-refractivity contribution in [1.82, 2.24) is 14.9 Å². The number of halogens is 5. The number of hydrogen-bond acceptors (Lipinski definition) is 5. The number of carbonyl (C=O) groups excluding carboxylic acids is 1. The van der Waals surface area contributed by atoms with E-state index in [4.69, 9.17) is 9.47 Å². The van der Waals surface area contributed by atoms with Gasteiger partial charge in [-0.05, 0) is 32.4 Å². The number of pyridine rings is 1. The maximum Gasteiger partial charge on any atom is 0.418 e. The molecule has 0 radical (unpaired) electrons. The van der Waals surface area contributed by atoms with E-state index in [-0.39, 0.29) is 31.0 Å². The Hall–Kier alpha value is -3.23. The Morgan fingerprint density at radius 1 is 1.15 bits per heavy atom. The number of benzene rings is 1. The third-order valence-corrected chi connectivity index (χ3v) is 7.45. The Morgan fingerprint density at radius 3 is 2.38 bits per heavy atom. The lowest BCUT2D eigenvalue weighted by molar-refractivity contribution is -0.136. The van der Waals surface area contributed by atoms with Gasteiger partial charge in [-0.3, -0.25) is 0 Å². The lowest BCUT2D eigenvalue weighted by Gasteiger charge is -2.17. The summed E-state index contributed by atoms with van der Waals surface area (Å²) in [6, 6.07) is 2.67. The summed E-state index contributed by atoms with van der Waals surface area (Å²) in [5.41, 5.74) is -2.49. The van der Waals surface area contributed by atoms with Crippen molar-refractivity contribution in [2.24, 2.45) is 0 Å². The number of fused-ring (bicyclic) bond motifs is 1. The first-order valence-corrected chi connectivity index (χ1v) is 16.2. The van der Waals surface area contributed by atoms with Crippen LogP contribution in [0.15, 0.2) is 30.6 Å². The number of anilines is 1. The molecule has 40 heavy (non-hydrogen) atoms. The minimum Gasteiger partial charge on any atom is -0.450 e. The van der Waals surface area contributed by atoms with E-state index in [1.54, 1.807) is 13.8 Å². The first-order valence-electron chi connectivity index (χ1n) is 12.5. The molecule has 3 rings (SSSR count). The summed E-state index contributed by atoms with van der Waals surface area (Å²) in [6.45, 7) is 9.81. The number of ether oxygens (including phenoxy) is 2. The van der Waals surface area contributed by atoms with Crippen LogP contribution in [-0.4, -0.2) is 47.5 Å². The van der Waals surface area contributed by atoms with Gasteiger partial charge in [-0.2, -0.15) is 13.2 Å².